The van der Waals surface area contributed by atoms with Crippen molar-refractivity contribution in [3.63, 3.8) is 0 Å². The second-order valence-electron chi connectivity index (χ2n) is 5.68. The lowest BCUT2D eigenvalue weighted by atomic mass is 10.1. The van der Waals surface area contributed by atoms with Crippen LogP contribution in [0.15, 0.2) is 48.5 Å². The Kier molecular flexibility index (Phi) is 2.92. The van der Waals surface area contributed by atoms with Gasteiger partial charge in [0, 0.05) is 17.8 Å². The van der Waals surface area contributed by atoms with Crippen molar-refractivity contribution in [2.45, 2.75) is 13.0 Å². The molecule has 5 nitrogen and oxygen atoms in total. The molecule has 1 atom stereocenters. The summed E-state index contributed by atoms with van der Waals surface area (Å²) in [6.45, 7) is 2.97. The summed E-state index contributed by atoms with van der Waals surface area (Å²) in [4.78, 5) is 2.07. The van der Waals surface area contributed by atoms with Crippen LogP contribution < -0.4 is 9.08 Å². The molecule has 22 heavy (non-hydrogen) atoms. The van der Waals surface area contributed by atoms with E-state index in [1.807, 2.05) is 37.3 Å². The minimum Gasteiger partial charge on any atom is -0.370 e. The average molecular weight is 316 g/mol. The van der Waals surface area contributed by atoms with Gasteiger partial charge in [-0.1, -0.05) is 30.3 Å². The zero-order chi connectivity index (χ0) is 15.3. The third-order valence-corrected chi connectivity index (χ3v) is 5.51. The third-order valence-electron chi connectivity index (χ3n) is 4.18. The van der Waals surface area contributed by atoms with Gasteiger partial charge >= 0.3 is 10.3 Å². The summed E-state index contributed by atoms with van der Waals surface area (Å²) in [6, 6.07) is 15.2. The van der Waals surface area contributed by atoms with E-state index >= 15 is 0 Å². The number of hydrogen-bond acceptors (Lipinski definition) is 4. The highest BCUT2D eigenvalue weighted by atomic mass is 32.2. The molecule has 0 radical (unpaired) electrons. The van der Waals surface area contributed by atoms with Crippen LogP contribution in [-0.2, 0) is 10.3 Å². The lowest BCUT2D eigenvalue weighted by Crippen LogP contribution is -2.39. The summed E-state index contributed by atoms with van der Waals surface area (Å²) >= 11 is 0. The summed E-state index contributed by atoms with van der Waals surface area (Å²) in [5, 5.41) is 0. The molecule has 1 saturated heterocycles. The number of aryl methyl sites for hydroxylation is 1. The van der Waals surface area contributed by atoms with Crippen molar-refractivity contribution in [2.24, 2.45) is 0 Å². The first-order valence-corrected chi connectivity index (χ1v) is 8.53. The summed E-state index contributed by atoms with van der Waals surface area (Å²) < 4.78 is 31.3. The van der Waals surface area contributed by atoms with E-state index in [4.69, 9.17) is 4.18 Å². The van der Waals surface area contributed by atoms with E-state index in [-0.39, 0.29) is 6.04 Å². The topological polar surface area (TPSA) is 49.9 Å². The molecule has 1 fully saturated rings. The Balaban J connectivity index is 1.75. The monoisotopic (exact) mass is 316 g/mol. The minimum absolute atomic E-state index is 0.199. The van der Waals surface area contributed by atoms with E-state index in [1.54, 1.807) is 12.1 Å². The van der Waals surface area contributed by atoms with Crippen molar-refractivity contribution in [3.05, 3.63) is 59.7 Å². The van der Waals surface area contributed by atoms with Gasteiger partial charge in [-0.3, -0.25) is 0 Å². The number of para-hydroxylation sites is 1. The third kappa shape index (κ3) is 2.07. The van der Waals surface area contributed by atoms with E-state index in [1.165, 1.54) is 4.31 Å². The number of benzene rings is 2. The normalized spacial score (nSPS) is 22.8. The maximum absolute atomic E-state index is 12.3. The standard InChI is InChI=1S/C16H16N2O3S/c1-12-5-4-6-13(9-12)17-10-15-14-7-2-3-8-16(14)21-22(19,20)18(15)11-17/h2-9,15H,10-11H2,1H3/t15-/m0/s1. The highest BCUT2D eigenvalue weighted by Crippen LogP contribution is 2.42. The molecule has 2 aliphatic heterocycles. The maximum atomic E-state index is 12.3. The number of hydrogen-bond donors (Lipinski definition) is 0. The number of nitrogens with zero attached hydrogens (tertiary/aromatic N) is 2. The largest absolute Gasteiger partial charge is 0.387 e. The van der Waals surface area contributed by atoms with Crippen LogP contribution in [0.3, 0.4) is 0 Å². The van der Waals surface area contributed by atoms with Crippen LogP contribution in [0.1, 0.15) is 17.2 Å². The molecule has 114 valence electrons. The van der Waals surface area contributed by atoms with Crippen LogP contribution in [-0.4, -0.2) is 25.9 Å². The fraction of sp³-hybridized carbons (Fsp3) is 0.250. The van der Waals surface area contributed by atoms with Crippen LogP contribution >= 0.6 is 0 Å². The first kappa shape index (κ1) is 13.6. The molecule has 6 heteroatoms. The second kappa shape index (κ2) is 4.72. The molecule has 2 aromatic rings. The molecule has 2 heterocycles. The summed E-state index contributed by atoms with van der Waals surface area (Å²) in [5.41, 5.74) is 3.11. The molecule has 0 N–H and O–H groups in total. The van der Waals surface area contributed by atoms with E-state index in [0.717, 1.165) is 16.8 Å². The van der Waals surface area contributed by atoms with E-state index in [2.05, 4.69) is 11.0 Å². The van der Waals surface area contributed by atoms with Gasteiger partial charge in [0.25, 0.3) is 0 Å². The molecule has 0 saturated carbocycles. The van der Waals surface area contributed by atoms with E-state index in [0.29, 0.717) is 19.0 Å². The van der Waals surface area contributed by atoms with Crippen molar-refractivity contribution in [1.29, 1.82) is 0 Å². The summed E-state index contributed by atoms with van der Waals surface area (Å²) in [7, 11) is -3.73. The van der Waals surface area contributed by atoms with Gasteiger partial charge < -0.3 is 9.08 Å². The van der Waals surface area contributed by atoms with Gasteiger partial charge in [0.2, 0.25) is 0 Å². The van der Waals surface area contributed by atoms with Gasteiger partial charge in [-0.25, -0.2) is 0 Å². The Bertz CT molecular complexity index is 835. The second-order valence-corrected chi connectivity index (χ2v) is 7.18. The number of anilines is 1. The zero-order valence-electron chi connectivity index (χ0n) is 12.1. The van der Waals surface area contributed by atoms with Crippen LogP contribution in [0.5, 0.6) is 5.75 Å². The van der Waals surface area contributed by atoms with Crippen LogP contribution in [0, 0.1) is 6.92 Å². The lowest BCUT2D eigenvalue weighted by molar-refractivity contribution is 0.322. The SMILES string of the molecule is Cc1cccc(N2C[C@H]3c4ccccc4OS(=O)(=O)N3C2)c1. The Hall–Kier alpha value is -2.05. The van der Waals surface area contributed by atoms with Crippen molar-refractivity contribution >= 4 is 16.0 Å². The molecule has 4 rings (SSSR count). The lowest BCUT2D eigenvalue weighted by Gasteiger charge is -2.28. The molecule has 0 bridgehead atoms. The van der Waals surface area contributed by atoms with E-state index < -0.39 is 10.3 Å². The molecular formula is C16H16N2O3S. The molecule has 0 unspecified atom stereocenters. The maximum Gasteiger partial charge on any atom is 0.387 e. The minimum atomic E-state index is -3.73. The van der Waals surface area contributed by atoms with Crippen LogP contribution in [0.2, 0.25) is 0 Å². The molecule has 2 aromatic carbocycles. The zero-order valence-corrected chi connectivity index (χ0v) is 13.0. The summed E-state index contributed by atoms with van der Waals surface area (Å²) in [6.07, 6.45) is 0. The first-order valence-electron chi connectivity index (χ1n) is 7.16. The van der Waals surface area contributed by atoms with Gasteiger partial charge in [-0.15, -0.1) is 4.31 Å². The van der Waals surface area contributed by atoms with Gasteiger partial charge in [0.05, 0.1) is 12.7 Å². The quantitative estimate of drug-likeness (QED) is 0.811. The molecule has 0 aromatic heterocycles. The molecule has 0 amide bonds. The Morgan fingerprint density at radius 3 is 2.77 bits per heavy atom. The fourth-order valence-corrected chi connectivity index (χ4v) is 4.36. The van der Waals surface area contributed by atoms with Gasteiger partial charge in [-0.05, 0) is 30.7 Å². The average Bonchev–Trinajstić information content (AvgIpc) is 2.93. The highest BCUT2D eigenvalue weighted by molar-refractivity contribution is 7.84. The molecule has 0 aliphatic carbocycles. The number of fused-ring (bicyclic) bond motifs is 3. The molecule has 0 spiro atoms. The van der Waals surface area contributed by atoms with Gasteiger partial charge in [0.1, 0.15) is 5.75 Å². The van der Waals surface area contributed by atoms with Crippen molar-refractivity contribution in [3.8, 4) is 5.75 Å². The highest BCUT2D eigenvalue weighted by Gasteiger charge is 2.45. The first-order chi connectivity index (χ1) is 10.5. The van der Waals surface area contributed by atoms with Crippen molar-refractivity contribution in [2.75, 3.05) is 18.1 Å². The van der Waals surface area contributed by atoms with Crippen LogP contribution in [0.4, 0.5) is 5.69 Å². The Morgan fingerprint density at radius 1 is 1.14 bits per heavy atom. The van der Waals surface area contributed by atoms with Crippen molar-refractivity contribution < 1.29 is 12.6 Å². The Morgan fingerprint density at radius 2 is 1.95 bits per heavy atom. The van der Waals surface area contributed by atoms with Crippen molar-refractivity contribution in [1.82, 2.24) is 4.31 Å². The fourth-order valence-electron chi connectivity index (χ4n) is 3.11. The molecule has 2 aliphatic rings. The van der Waals surface area contributed by atoms with Gasteiger partial charge in [0.15, 0.2) is 0 Å². The predicted octanol–water partition coefficient (Wildman–Crippen LogP) is 2.45. The summed E-state index contributed by atoms with van der Waals surface area (Å²) in [5.74, 6) is 0.440. The van der Waals surface area contributed by atoms with Gasteiger partial charge in [-0.2, -0.15) is 8.42 Å². The van der Waals surface area contributed by atoms with Crippen LogP contribution in [0.25, 0.3) is 0 Å². The predicted molar refractivity (Wildman–Crippen MR) is 84.0 cm³/mol. The Labute approximate surface area is 130 Å². The van der Waals surface area contributed by atoms with E-state index in [9.17, 15) is 8.42 Å². The molecular weight excluding hydrogens is 300 g/mol. The number of rotatable bonds is 1. The smallest absolute Gasteiger partial charge is 0.370 e.